The Kier molecular flexibility index (Phi) is 6.64. The van der Waals surface area contributed by atoms with Crippen LogP contribution in [0.15, 0.2) is 22.8 Å². The Morgan fingerprint density at radius 3 is 2.69 bits per heavy atom. The highest BCUT2D eigenvalue weighted by Crippen LogP contribution is 2.51. The van der Waals surface area contributed by atoms with Gasteiger partial charge in [-0.2, -0.15) is 5.10 Å². The van der Waals surface area contributed by atoms with Gasteiger partial charge in [-0.3, -0.25) is 9.89 Å². The van der Waals surface area contributed by atoms with Gasteiger partial charge in [0.05, 0.1) is 12.4 Å². The highest BCUT2D eigenvalue weighted by molar-refractivity contribution is 5.92. The van der Waals surface area contributed by atoms with E-state index < -0.39 is 22.6 Å². The van der Waals surface area contributed by atoms with Crippen LogP contribution in [0.3, 0.4) is 0 Å². The second-order valence-electron chi connectivity index (χ2n) is 9.49. The minimum Gasteiger partial charge on any atom is -0.461 e. The molecule has 1 fully saturated rings. The van der Waals surface area contributed by atoms with Gasteiger partial charge >= 0.3 is 6.09 Å². The van der Waals surface area contributed by atoms with Crippen molar-refractivity contribution in [2.75, 3.05) is 13.2 Å². The molecule has 0 aromatic carbocycles. The van der Waals surface area contributed by atoms with E-state index in [-0.39, 0.29) is 12.0 Å². The van der Waals surface area contributed by atoms with Crippen LogP contribution in [0.1, 0.15) is 53.8 Å². The van der Waals surface area contributed by atoms with Crippen molar-refractivity contribution in [1.82, 2.24) is 25.8 Å². The number of H-pyrrole nitrogens is 1. The molecule has 0 saturated heterocycles. The van der Waals surface area contributed by atoms with Crippen molar-refractivity contribution in [2.24, 2.45) is 5.41 Å². The maximum atomic E-state index is 13.3. The number of furan rings is 1. The maximum absolute atomic E-state index is 13.3. The van der Waals surface area contributed by atoms with E-state index in [0.717, 1.165) is 0 Å². The molecule has 0 unspecified atom stereocenters. The van der Waals surface area contributed by atoms with Crippen LogP contribution in [0.2, 0.25) is 0 Å². The third-order valence-electron chi connectivity index (χ3n) is 5.79. The van der Waals surface area contributed by atoms with Crippen LogP contribution < -0.4 is 10.6 Å². The van der Waals surface area contributed by atoms with Gasteiger partial charge in [-0.1, -0.05) is 13.8 Å². The van der Waals surface area contributed by atoms with E-state index in [2.05, 4.69) is 25.8 Å². The largest absolute Gasteiger partial charge is 0.461 e. The number of hydrogen-bond acceptors (Lipinski definition) is 7. The van der Waals surface area contributed by atoms with Gasteiger partial charge < -0.3 is 24.5 Å². The molecule has 2 aromatic heterocycles. The Hall–Kier alpha value is -2.88. The molecule has 2 amide bonds. The SMILES string of the molecule is CCO[C@H]1C[C@@](NC(=O)OC(C)(C)C)(C(=O)NCCc2nc(-c3ccco3)n[nH]2)C1(C)C. The van der Waals surface area contributed by atoms with Crippen molar-refractivity contribution < 1.29 is 23.5 Å². The summed E-state index contributed by atoms with van der Waals surface area (Å²) in [6.07, 6.45) is 1.58. The van der Waals surface area contributed by atoms with E-state index in [9.17, 15) is 9.59 Å². The maximum Gasteiger partial charge on any atom is 0.408 e. The standard InChI is InChI=1S/C22H33N5O5/c1-7-30-15-13-22(21(15,5)6,25-19(29)32-20(2,3)4)18(28)23-11-10-16-24-17(27-26-16)14-9-8-12-31-14/h8-9,12,15H,7,10-11,13H2,1-6H3,(H,23,28)(H,25,29)(H,24,26,27)/t15-,22+/m0/s1. The lowest BCUT2D eigenvalue weighted by atomic mass is 9.53. The Morgan fingerprint density at radius 1 is 1.34 bits per heavy atom. The lowest BCUT2D eigenvalue weighted by Crippen LogP contribution is -2.78. The summed E-state index contributed by atoms with van der Waals surface area (Å²) in [5.41, 5.74) is -2.44. The molecule has 2 aromatic rings. The number of alkyl carbamates (subject to hydrolysis) is 1. The molecule has 10 nitrogen and oxygen atoms in total. The molecule has 32 heavy (non-hydrogen) atoms. The summed E-state index contributed by atoms with van der Waals surface area (Å²) in [5, 5.41) is 12.7. The molecule has 0 radical (unpaired) electrons. The van der Waals surface area contributed by atoms with Gasteiger partial charge in [0.15, 0.2) is 5.76 Å². The third-order valence-corrected chi connectivity index (χ3v) is 5.79. The van der Waals surface area contributed by atoms with Crippen molar-refractivity contribution in [3.05, 3.63) is 24.2 Å². The molecule has 0 aliphatic heterocycles. The van der Waals surface area contributed by atoms with Crippen LogP contribution in [-0.2, 0) is 20.7 Å². The summed E-state index contributed by atoms with van der Waals surface area (Å²) < 4.78 is 16.5. The van der Waals surface area contributed by atoms with Crippen LogP contribution in [0, 0.1) is 5.41 Å². The van der Waals surface area contributed by atoms with E-state index in [1.165, 1.54) is 0 Å². The van der Waals surface area contributed by atoms with Crippen molar-refractivity contribution in [2.45, 2.75) is 71.6 Å². The first-order chi connectivity index (χ1) is 15.0. The lowest BCUT2D eigenvalue weighted by molar-refractivity contribution is -0.178. The molecule has 1 aliphatic carbocycles. The smallest absolute Gasteiger partial charge is 0.408 e. The fourth-order valence-electron chi connectivity index (χ4n) is 3.91. The minimum absolute atomic E-state index is 0.154. The molecule has 0 spiro atoms. The van der Waals surface area contributed by atoms with E-state index in [4.69, 9.17) is 13.9 Å². The van der Waals surface area contributed by atoms with E-state index in [0.29, 0.717) is 43.4 Å². The number of carbonyl (C=O) groups excluding carboxylic acids is 2. The number of carbonyl (C=O) groups is 2. The molecule has 1 saturated carbocycles. The topological polar surface area (TPSA) is 131 Å². The molecule has 2 heterocycles. The van der Waals surface area contributed by atoms with Gasteiger partial charge in [0, 0.05) is 31.4 Å². The minimum atomic E-state index is -1.14. The summed E-state index contributed by atoms with van der Waals surface area (Å²) in [6, 6.07) is 3.53. The fraction of sp³-hybridized carbons (Fsp3) is 0.636. The van der Waals surface area contributed by atoms with Gasteiger partial charge in [0.2, 0.25) is 11.7 Å². The molecular formula is C22H33N5O5. The predicted molar refractivity (Wildman–Crippen MR) is 117 cm³/mol. The second kappa shape index (κ2) is 8.93. The molecule has 176 valence electrons. The Bertz CT molecular complexity index is 931. The van der Waals surface area contributed by atoms with Gasteiger partial charge in [-0.15, -0.1) is 0 Å². The van der Waals surface area contributed by atoms with Gasteiger partial charge in [-0.25, -0.2) is 9.78 Å². The van der Waals surface area contributed by atoms with Crippen molar-refractivity contribution >= 4 is 12.0 Å². The van der Waals surface area contributed by atoms with Crippen molar-refractivity contribution in [3.8, 4) is 11.6 Å². The Labute approximate surface area is 187 Å². The number of aromatic nitrogens is 3. The first-order valence-corrected chi connectivity index (χ1v) is 10.8. The molecular weight excluding hydrogens is 414 g/mol. The van der Waals surface area contributed by atoms with Crippen LogP contribution >= 0.6 is 0 Å². The quantitative estimate of drug-likeness (QED) is 0.567. The number of amides is 2. The van der Waals surface area contributed by atoms with E-state index in [1.54, 1.807) is 39.2 Å². The van der Waals surface area contributed by atoms with Crippen LogP contribution in [-0.4, -0.2) is 57.6 Å². The number of hydrogen-bond donors (Lipinski definition) is 3. The molecule has 2 atom stereocenters. The average Bonchev–Trinajstić information content (AvgIpc) is 3.37. The highest BCUT2D eigenvalue weighted by atomic mass is 16.6. The van der Waals surface area contributed by atoms with E-state index >= 15 is 0 Å². The third kappa shape index (κ3) is 4.79. The van der Waals surface area contributed by atoms with Gasteiger partial charge in [0.1, 0.15) is 17.0 Å². The summed E-state index contributed by atoms with van der Waals surface area (Å²) >= 11 is 0. The summed E-state index contributed by atoms with van der Waals surface area (Å²) in [4.78, 5) is 30.2. The second-order valence-corrected chi connectivity index (χ2v) is 9.49. The van der Waals surface area contributed by atoms with Crippen molar-refractivity contribution in [3.63, 3.8) is 0 Å². The summed E-state index contributed by atoms with van der Waals surface area (Å²) in [5.74, 6) is 1.36. The van der Waals surface area contributed by atoms with Gasteiger partial charge in [-0.05, 0) is 39.8 Å². The van der Waals surface area contributed by atoms with E-state index in [1.807, 2.05) is 20.8 Å². The zero-order valence-electron chi connectivity index (χ0n) is 19.6. The Balaban J connectivity index is 1.65. The summed E-state index contributed by atoms with van der Waals surface area (Å²) in [6.45, 7) is 11.9. The zero-order chi connectivity index (χ0) is 23.6. The zero-order valence-corrected chi connectivity index (χ0v) is 19.6. The van der Waals surface area contributed by atoms with Crippen LogP contribution in [0.25, 0.3) is 11.6 Å². The van der Waals surface area contributed by atoms with Crippen molar-refractivity contribution in [1.29, 1.82) is 0 Å². The normalized spacial score (nSPS) is 22.1. The number of rotatable bonds is 8. The first-order valence-electron chi connectivity index (χ1n) is 10.8. The molecule has 1 aliphatic rings. The first kappa shape index (κ1) is 23.8. The van der Waals surface area contributed by atoms with Crippen LogP contribution in [0.4, 0.5) is 4.79 Å². The van der Waals surface area contributed by atoms with Gasteiger partial charge in [0.25, 0.3) is 0 Å². The lowest BCUT2D eigenvalue weighted by Gasteiger charge is -2.59. The number of nitrogens with zero attached hydrogens (tertiary/aromatic N) is 2. The molecule has 0 bridgehead atoms. The predicted octanol–water partition coefficient (Wildman–Crippen LogP) is 2.82. The number of nitrogens with one attached hydrogen (secondary N) is 3. The average molecular weight is 448 g/mol. The molecule has 10 heteroatoms. The number of ether oxygens (including phenoxy) is 2. The Morgan fingerprint density at radius 2 is 2.09 bits per heavy atom. The molecule has 3 rings (SSSR count). The highest BCUT2D eigenvalue weighted by Gasteiger charge is 2.66. The monoisotopic (exact) mass is 447 g/mol. The fourth-order valence-corrected chi connectivity index (χ4v) is 3.91. The summed E-state index contributed by atoms with van der Waals surface area (Å²) in [7, 11) is 0. The number of aromatic amines is 1. The molecule has 3 N–H and O–H groups in total. The van der Waals surface area contributed by atoms with Crippen LogP contribution in [0.5, 0.6) is 0 Å².